The summed E-state index contributed by atoms with van der Waals surface area (Å²) in [5.74, 6) is 0.784. The van der Waals surface area contributed by atoms with Crippen LogP contribution in [0.3, 0.4) is 0 Å². The monoisotopic (exact) mass is 422 g/mol. The molecule has 0 aromatic heterocycles. The number of nitrogens with one attached hydrogen (secondary N) is 2. The molecule has 3 heterocycles. The number of amides is 1. The molecule has 4 aliphatic rings. The number of allylic oxidation sites excluding steroid dienone is 2. The molecule has 158 valence electrons. The number of nitrogens with zero attached hydrogens (tertiary/aromatic N) is 1. The maximum Gasteiger partial charge on any atom is 0.404 e. The number of hydrogen-bond acceptors (Lipinski definition) is 9. The molecule has 4 N–H and O–H groups in total. The van der Waals surface area contributed by atoms with Crippen molar-refractivity contribution in [3.05, 3.63) is 22.5 Å². The van der Waals surface area contributed by atoms with Crippen molar-refractivity contribution in [1.82, 2.24) is 15.5 Å². The zero-order valence-corrected chi connectivity index (χ0v) is 17.6. The molecule has 4 rings (SSSR count). The first kappa shape index (κ1) is 20.2. The highest BCUT2D eigenvalue weighted by Crippen LogP contribution is 2.55. The first-order valence-corrected chi connectivity index (χ1v) is 10.9. The van der Waals surface area contributed by atoms with Crippen LogP contribution in [0.1, 0.15) is 13.8 Å². The summed E-state index contributed by atoms with van der Waals surface area (Å²) in [4.78, 5) is 40.0. The van der Waals surface area contributed by atoms with E-state index >= 15 is 0 Å². The second-order valence-electron chi connectivity index (χ2n) is 7.54. The minimum atomic E-state index is -0.941. The third-order valence-electron chi connectivity index (χ3n) is 6.18. The Balaban J connectivity index is 1.69. The highest BCUT2D eigenvalue weighted by molar-refractivity contribution is 7.99. The summed E-state index contributed by atoms with van der Waals surface area (Å²) in [7, 11) is 1.56. The zero-order valence-electron chi connectivity index (χ0n) is 16.7. The fourth-order valence-electron chi connectivity index (χ4n) is 4.90. The van der Waals surface area contributed by atoms with E-state index in [0.717, 1.165) is 11.5 Å². The maximum atomic E-state index is 13.5. The number of hydrogen-bond donors (Lipinski definition) is 3. The lowest BCUT2D eigenvalue weighted by molar-refractivity contribution is -0.137. The first-order chi connectivity index (χ1) is 13.9. The molecule has 0 radical (unpaired) electrons. The zero-order chi connectivity index (χ0) is 20.9. The molecule has 9 nitrogen and oxygen atoms in total. The van der Waals surface area contributed by atoms with Crippen LogP contribution in [0.15, 0.2) is 22.5 Å². The number of Topliss-reactive ketones (excluding diaryl/α,β-unsaturated/α-hetero) is 2. The summed E-state index contributed by atoms with van der Waals surface area (Å²) in [6, 6.07) is 0.135. The summed E-state index contributed by atoms with van der Waals surface area (Å²) < 4.78 is 11.0. The van der Waals surface area contributed by atoms with Gasteiger partial charge in [-0.05, 0) is 12.7 Å². The lowest BCUT2D eigenvalue weighted by atomic mass is 9.82. The number of primary amides is 1. The minimum Gasteiger partial charge on any atom is -0.449 e. The van der Waals surface area contributed by atoms with Crippen LogP contribution < -0.4 is 16.4 Å². The third kappa shape index (κ3) is 2.88. The van der Waals surface area contributed by atoms with Crippen LogP contribution in [0.5, 0.6) is 0 Å². The van der Waals surface area contributed by atoms with Gasteiger partial charge < -0.3 is 30.7 Å². The topological polar surface area (TPSA) is 133 Å². The molecule has 2 saturated heterocycles. The van der Waals surface area contributed by atoms with Crippen LogP contribution in [-0.4, -0.2) is 78.7 Å². The molecule has 0 aromatic carbocycles. The lowest BCUT2D eigenvalue weighted by Crippen LogP contribution is -2.55. The van der Waals surface area contributed by atoms with E-state index in [1.807, 2.05) is 4.90 Å². The third-order valence-corrected chi connectivity index (χ3v) is 7.08. The second-order valence-corrected chi connectivity index (χ2v) is 8.94. The number of nitrogens with two attached hydrogens (primary N) is 1. The van der Waals surface area contributed by atoms with E-state index in [0.29, 0.717) is 35.6 Å². The van der Waals surface area contributed by atoms with E-state index in [1.165, 1.54) is 0 Å². The standard InChI is InChI=1S/C19H26N4O5S/c1-4-29-6-5-21-13-9(2)15(24)14-12(16(13)25)10(8-28-18(20)26)19(27-3)17-11(22-17)7-23(14)19/h10-11,17,21-22H,4-8H2,1-3H3,(H2,20,26)/t10-,11+,17+,19?/m0/s1. The van der Waals surface area contributed by atoms with Crippen molar-refractivity contribution in [2.75, 3.05) is 38.3 Å². The van der Waals surface area contributed by atoms with Gasteiger partial charge in [0.15, 0.2) is 5.72 Å². The normalized spacial score (nSPS) is 32.4. The predicted molar refractivity (Wildman–Crippen MR) is 107 cm³/mol. The Morgan fingerprint density at radius 3 is 2.83 bits per heavy atom. The second kappa shape index (κ2) is 7.33. The number of carbonyl (C=O) groups excluding carboxylic acids is 3. The van der Waals surface area contributed by atoms with Crippen LogP contribution >= 0.6 is 11.8 Å². The van der Waals surface area contributed by atoms with Gasteiger partial charge in [0, 0.05) is 43.1 Å². The molecular weight excluding hydrogens is 396 g/mol. The number of carbonyl (C=O) groups is 3. The average molecular weight is 423 g/mol. The predicted octanol–water partition coefficient (Wildman–Crippen LogP) is -0.267. The summed E-state index contributed by atoms with van der Waals surface area (Å²) in [6.45, 7) is 4.77. The summed E-state index contributed by atoms with van der Waals surface area (Å²) >= 11 is 1.75. The van der Waals surface area contributed by atoms with Crippen molar-refractivity contribution in [3.63, 3.8) is 0 Å². The van der Waals surface area contributed by atoms with E-state index in [4.69, 9.17) is 15.2 Å². The van der Waals surface area contributed by atoms with Crippen molar-refractivity contribution in [1.29, 1.82) is 0 Å². The molecule has 1 aliphatic carbocycles. The lowest BCUT2D eigenvalue weighted by Gasteiger charge is -2.39. The molecule has 1 amide bonds. The van der Waals surface area contributed by atoms with Crippen molar-refractivity contribution in [2.24, 2.45) is 11.7 Å². The molecule has 0 aromatic rings. The number of piperazine rings is 1. The molecule has 0 spiro atoms. The van der Waals surface area contributed by atoms with E-state index < -0.39 is 17.7 Å². The van der Waals surface area contributed by atoms with Crippen LogP contribution in [0.2, 0.25) is 0 Å². The Morgan fingerprint density at radius 2 is 2.17 bits per heavy atom. The van der Waals surface area contributed by atoms with Gasteiger partial charge in [-0.1, -0.05) is 6.92 Å². The van der Waals surface area contributed by atoms with Crippen molar-refractivity contribution < 1.29 is 23.9 Å². The largest absolute Gasteiger partial charge is 0.449 e. The molecule has 2 fully saturated rings. The average Bonchev–Trinajstić information content (AvgIpc) is 3.30. The maximum absolute atomic E-state index is 13.5. The van der Waals surface area contributed by atoms with Crippen molar-refractivity contribution in [3.8, 4) is 0 Å². The van der Waals surface area contributed by atoms with Crippen LogP contribution in [-0.2, 0) is 19.1 Å². The number of methoxy groups -OCH3 is 1. The van der Waals surface area contributed by atoms with Gasteiger partial charge in [-0.2, -0.15) is 11.8 Å². The Morgan fingerprint density at radius 1 is 1.41 bits per heavy atom. The van der Waals surface area contributed by atoms with E-state index in [-0.39, 0.29) is 30.3 Å². The van der Waals surface area contributed by atoms with Gasteiger partial charge in [-0.15, -0.1) is 0 Å². The SMILES string of the molecule is CCSCCNC1=C(C)C(=O)C2=C(C1=O)[C@H](COC(N)=O)C1(OC)[C@@H]3N[C@@H]3CN21. The van der Waals surface area contributed by atoms with Gasteiger partial charge in [0.05, 0.1) is 23.4 Å². The fraction of sp³-hybridized carbons (Fsp3) is 0.632. The molecule has 4 atom stereocenters. The van der Waals surface area contributed by atoms with Gasteiger partial charge in [-0.25, -0.2) is 4.79 Å². The van der Waals surface area contributed by atoms with E-state index in [9.17, 15) is 14.4 Å². The smallest absolute Gasteiger partial charge is 0.404 e. The Labute approximate surface area is 173 Å². The molecular formula is C19H26N4O5S. The van der Waals surface area contributed by atoms with E-state index in [1.54, 1.807) is 25.8 Å². The van der Waals surface area contributed by atoms with Gasteiger partial charge in [0.25, 0.3) is 0 Å². The number of ether oxygens (including phenoxy) is 2. The Bertz CT molecular complexity index is 840. The van der Waals surface area contributed by atoms with Crippen molar-refractivity contribution >= 4 is 29.4 Å². The molecule has 3 aliphatic heterocycles. The van der Waals surface area contributed by atoms with Crippen molar-refractivity contribution in [2.45, 2.75) is 31.7 Å². The summed E-state index contributed by atoms with van der Waals surface area (Å²) in [6.07, 6.45) is -0.925. The fourth-order valence-corrected chi connectivity index (χ4v) is 5.43. The van der Waals surface area contributed by atoms with Crippen LogP contribution in [0, 0.1) is 5.92 Å². The summed E-state index contributed by atoms with van der Waals surface area (Å²) in [5, 5.41) is 6.49. The molecule has 10 heteroatoms. The first-order valence-electron chi connectivity index (χ1n) is 9.75. The van der Waals surface area contributed by atoms with Gasteiger partial charge in [-0.3, -0.25) is 9.59 Å². The molecule has 1 unspecified atom stereocenters. The molecule has 0 saturated carbocycles. The van der Waals surface area contributed by atoms with Gasteiger partial charge >= 0.3 is 6.09 Å². The number of rotatable bonds is 8. The highest BCUT2D eigenvalue weighted by atomic mass is 32.2. The summed E-state index contributed by atoms with van der Waals surface area (Å²) in [5.41, 5.74) is 5.70. The number of thioether (sulfide) groups is 1. The van der Waals surface area contributed by atoms with Gasteiger partial charge in [0.1, 0.15) is 6.61 Å². The number of fused-ring (bicyclic) bond motifs is 4. The quantitative estimate of drug-likeness (QED) is 0.275. The Kier molecular flexibility index (Phi) is 5.12. The van der Waals surface area contributed by atoms with Crippen LogP contribution in [0.4, 0.5) is 4.79 Å². The molecule has 0 bridgehead atoms. The van der Waals surface area contributed by atoms with Gasteiger partial charge in [0.2, 0.25) is 11.6 Å². The Hall–Kier alpha value is -2.04. The highest BCUT2D eigenvalue weighted by Gasteiger charge is 2.72. The van der Waals surface area contributed by atoms with E-state index in [2.05, 4.69) is 17.6 Å². The molecule has 29 heavy (non-hydrogen) atoms. The minimum absolute atomic E-state index is 0.0437. The van der Waals surface area contributed by atoms with Crippen LogP contribution in [0.25, 0.3) is 0 Å². The number of ketones is 2.